The molecule has 1 aromatic rings. The number of nitrogens with zero attached hydrogens (tertiary/aromatic N) is 1. The fourth-order valence-corrected chi connectivity index (χ4v) is 3.42. The molecule has 1 aliphatic rings. The van der Waals surface area contributed by atoms with Crippen LogP contribution in [0.15, 0.2) is 24.3 Å². The third kappa shape index (κ3) is 3.50. The molecule has 0 aromatic heterocycles. The highest BCUT2D eigenvalue weighted by molar-refractivity contribution is 5.34. The van der Waals surface area contributed by atoms with Crippen LogP contribution in [0.1, 0.15) is 44.1 Å². The van der Waals surface area contributed by atoms with Gasteiger partial charge in [0, 0.05) is 0 Å². The molecule has 0 radical (unpaired) electrons. The zero-order valence-electron chi connectivity index (χ0n) is 12.6. The van der Waals surface area contributed by atoms with Crippen LogP contribution in [0.25, 0.3) is 0 Å². The minimum atomic E-state index is 0.407. The molecule has 2 rings (SSSR count). The maximum atomic E-state index is 5.39. The Labute approximate surface area is 117 Å². The first kappa shape index (κ1) is 14.4. The standard InChI is InChI=1S/C17H27NO/c1-18(2)13-7-12-17(10-4-5-11-17)15-8-6-9-16(14-15)19-3/h6,8-9,14H,4-5,7,10-13H2,1-3H3. The molecule has 0 bridgehead atoms. The Balaban J connectivity index is 2.13. The maximum absolute atomic E-state index is 5.39. The quantitative estimate of drug-likeness (QED) is 0.771. The van der Waals surface area contributed by atoms with E-state index >= 15 is 0 Å². The third-order valence-corrected chi connectivity index (χ3v) is 4.50. The normalized spacial score (nSPS) is 17.9. The number of hydrogen-bond acceptors (Lipinski definition) is 2. The number of rotatable bonds is 6. The second-order valence-electron chi connectivity index (χ2n) is 6.13. The van der Waals surface area contributed by atoms with Gasteiger partial charge in [-0.15, -0.1) is 0 Å². The highest BCUT2D eigenvalue weighted by atomic mass is 16.5. The van der Waals surface area contributed by atoms with E-state index in [9.17, 15) is 0 Å². The molecule has 1 saturated carbocycles. The molecule has 1 fully saturated rings. The summed E-state index contributed by atoms with van der Waals surface area (Å²) in [7, 11) is 6.08. The van der Waals surface area contributed by atoms with Crippen molar-refractivity contribution in [3.05, 3.63) is 29.8 Å². The van der Waals surface area contributed by atoms with E-state index in [-0.39, 0.29) is 0 Å². The molecule has 19 heavy (non-hydrogen) atoms. The highest BCUT2D eigenvalue weighted by Crippen LogP contribution is 2.45. The zero-order chi connectivity index (χ0) is 13.7. The molecular weight excluding hydrogens is 234 g/mol. The summed E-state index contributed by atoms with van der Waals surface area (Å²) in [6.45, 7) is 1.19. The topological polar surface area (TPSA) is 12.5 Å². The molecule has 0 aliphatic heterocycles. The van der Waals surface area contributed by atoms with Gasteiger partial charge in [-0.1, -0.05) is 25.0 Å². The molecule has 0 spiro atoms. The summed E-state index contributed by atoms with van der Waals surface area (Å²) in [5.74, 6) is 0.997. The first-order valence-electron chi connectivity index (χ1n) is 7.46. The van der Waals surface area contributed by atoms with E-state index in [0.29, 0.717) is 5.41 Å². The van der Waals surface area contributed by atoms with Gasteiger partial charge in [0.2, 0.25) is 0 Å². The smallest absolute Gasteiger partial charge is 0.119 e. The second kappa shape index (κ2) is 6.42. The molecule has 106 valence electrons. The largest absolute Gasteiger partial charge is 0.497 e. The summed E-state index contributed by atoms with van der Waals surface area (Å²) in [5.41, 5.74) is 1.90. The van der Waals surface area contributed by atoms with E-state index in [1.807, 2.05) is 6.07 Å². The van der Waals surface area contributed by atoms with Gasteiger partial charge in [0.1, 0.15) is 5.75 Å². The average molecular weight is 261 g/mol. The van der Waals surface area contributed by atoms with E-state index in [0.717, 1.165) is 5.75 Å². The number of methoxy groups -OCH3 is 1. The summed E-state index contributed by atoms with van der Waals surface area (Å²) in [6.07, 6.45) is 8.02. The van der Waals surface area contributed by atoms with Crippen molar-refractivity contribution in [3.63, 3.8) is 0 Å². The van der Waals surface area contributed by atoms with Gasteiger partial charge in [-0.05, 0) is 69.4 Å². The highest BCUT2D eigenvalue weighted by Gasteiger charge is 2.35. The lowest BCUT2D eigenvalue weighted by atomic mass is 9.75. The van der Waals surface area contributed by atoms with E-state index < -0.39 is 0 Å². The Morgan fingerprint density at radius 1 is 1.21 bits per heavy atom. The van der Waals surface area contributed by atoms with Gasteiger partial charge in [0.25, 0.3) is 0 Å². The number of benzene rings is 1. The van der Waals surface area contributed by atoms with Crippen LogP contribution in [-0.4, -0.2) is 32.6 Å². The van der Waals surface area contributed by atoms with Crippen LogP contribution in [0.4, 0.5) is 0 Å². The third-order valence-electron chi connectivity index (χ3n) is 4.50. The molecule has 0 amide bonds. The number of ether oxygens (including phenoxy) is 1. The second-order valence-corrected chi connectivity index (χ2v) is 6.13. The molecule has 0 heterocycles. The fourth-order valence-electron chi connectivity index (χ4n) is 3.42. The van der Waals surface area contributed by atoms with Crippen molar-refractivity contribution in [2.75, 3.05) is 27.7 Å². The Bertz CT molecular complexity index is 394. The summed E-state index contributed by atoms with van der Waals surface area (Å²) in [5, 5.41) is 0. The van der Waals surface area contributed by atoms with Crippen molar-refractivity contribution in [2.45, 2.75) is 43.9 Å². The van der Waals surface area contributed by atoms with Crippen LogP contribution < -0.4 is 4.74 Å². The van der Waals surface area contributed by atoms with Crippen molar-refractivity contribution in [3.8, 4) is 5.75 Å². The summed E-state index contributed by atoms with van der Waals surface area (Å²) < 4.78 is 5.39. The number of hydrogen-bond donors (Lipinski definition) is 0. The first-order chi connectivity index (χ1) is 9.16. The maximum Gasteiger partial charge on any atom is 0.119 e. The lowest BCUT2D eigenvalue weighted by molar-refractivity contribution is 0.334. The predicted molar refractivity (Wildman–Crippen MR) is 80.9 cm³/mol. The van der Waals surface area contributed by atoms with E-state index in [4.69, 9.17) is 4.74 Å². The average Bonchev–Trinajstić information content (AvgIpc) is 2.88. The van der Waals surface area contributed by atoms with Gasteiger partial charge >= 0.3 is 0 Å². The molecule has 1 aromatic carbocycles. The minimum Gasteiger partial charge on any atom is -0.497 e. The van der Waals surface area contributed by atoms with Crippen LogP contribution in [0.3, 0.4) is 0 Å². The Morgan fingerprint density at radius 3 is 2.58 bits per heavy atom. The molecule has 0 atom stereocenters. The van der Waals surface area contributed by atoms with Gasteiger partial charge in [-0.25, -0.2) is 0 Å². The van der Waals surface area contributed by atoms with Crippen molar-refractivity contribution >= 4 is 0 Å². The molecule has 2 nitrogen and oxygen atoms in total. The first-order valence-corrected chi connectivity index (χ1v) is 7.46. The molecular formula is C17H27NO. The molecule has 2 heteroatoms. The summed E-state index contributed by atoms with van der Waals surface area (Å²) >= 11 is 0. The Kier molecular flexibility index (Phi) is 4.87. The minimum absolute atomic E-state index is 0.407. The van der Waals surface area contributed by atoms with Crippen LogP contribution >= 0.6 is 0 Å². The monoisotopic (exact) mass is 261 g/mol. The van der Waals surface area contributed by atoms with Crippen molar-refractivity contribution < 1.29 is 4.74 Å². The molecule has 0 N–H and O–H groups in total. The van der Waals surface area contributed by atoms with Crippen LogP contribution in [-0.2, 0) is 5.41 Å². The lowest BCUT2D eigenvalue weighted by Crippen LogP contribution is -2.24. The molecule has 0 saturated heterocycles. The Hall–Kier alpha value is -1.02. The van der Waals surface area contributed by atoms with Crippen molar-refractivity contribution in [1.29, 1.82) is 0 Å². The van der Waals surface area contributed by atoms with Gasteiger partial charge in [-0.2, -0.15) is 0 Å². The van der Waals surface area contributed by atoms with Crippen LogP contribution in [0, 0.1) is 0 Å². The Morgan fingerprint density at radius 2 is 1.95 bits per heavy atom. The van der Waals surface area contributed by atoms with E-state index in [1.54, 1.807) is 7.11 Å². The SMILES string of the molecule is COc1cccc(C2(CCCN(C)C)CCCC2)c1. The van der Waals surface area contributed by atoms with Crippen molar-refractivity contribution in [1.82, 2.24) is 4.90 Å². The van der Waals surface area contributed by atoms with Crippen LogP contribution in [0.5, 0.6) is 5.75 Å². The van der Waals surface area contributed by atoms with E-state index in [1.165, 1.54) is 50.6 Å². The summed E-state index contributed by atoms with van der Waals surface area (Å²) in [6, 6.07) is 8.73. The van der Waals surface area contributed by atoms with Gasteiger partial charge in [0.15, 0.2) is 0 Å². The van der Waals surface area contributed by atoms with Gasteiger partial charge in [0.05, 0.1) is 7.11 Å². The van der Waals surface area contributed by atoms with E-state index in [2.05, 4.69) is 37.2 Å². The lowest BCUT2D eigenvalue weighted by Gasteiger charge is -2.30. The zero-order valence-corrected chi connectivity index (χ0v) is 12.6. The molecule has 0 unspecified atom stereocenters. The van der Waals surface area contributed by atoms with Crippen LogP contribution in [0.2, 0.25) is 0 Å². The van der Waals surface area contributed by atoms with Gasteiger partial charge in [-0.3, -0.25) is 0 Å². The fraction of sp³-hybridized carbons (Fsp3) is 0.647. The van der Waals surface area contributed by atoms with Gasteiger partial charge < -0.3 is 9.64 Å². The molecule has 1 aliphatic carbocycles. The summed E-state index contributed by atoms with van der Waals surface area (Å²) in [4.78, 5) is 2.29. The predicted octanol–water partition coefficient (Wildman–Crippen LogP) is 3.85. The van der Waals surface area contributed by atoms with Crippen molar-refractivity contribution in [2.24, 2.45) is 0 Å².